The zero-order chi connectivity index (χ0) is 29.4. The van der Waals surface area contributed by atoms with Gasteiger partial charge in [-0.2, -0.15) is 10.1 Å². The van der Waals surface area contributed by atoms with E-state index in [4.69, 9.17) is 10.5 Å². The van der Waals surface area contributed by atoms with Gasteiger partial charge in [0.25, 0.3) is 5.91 Å². The molecule has 206 valence electrons. The Morgan fingerprint density at radius 2 is 1.85 bits per heavy atom. The molecule has 0 aliphatic carbocycles. The number of fused-ring (bicyclic) bond motifs is 1. The van der Waals surface area contributed by atoms with Crippen molar-refractivity contribution in [2.75, 3.05) is 11.1 Å². The Hall–Kier alpha value is -5.74. The van der Waals surface area contributed by atoms with Crippen molar-refractivity contribution in [3.05, 3.63) is 103 Å². The molecule has 12 heteroatoms. The number of halogens is 2. The molecule has 5 rings (SSSR count). The van der Waals surface area contributed by atoms with Crippen LogP contribution in [-0.2, 0) is 20.8 Å². The smallest absolute Gasteiger partial charge is 0.260 e. The molecular weight excluding hydrogens is 534 g/mol. The van der Waals surface area contributed by atoms with Crippen molar-refractivity contribution in [1.82, 2.24) is 14.6 Å². The molecule has 0 saturated carbocycles. The maximum Gasteiger partial charge on any atom is 0.260 e. The largest absolute Gasteiger partial charge is 0.434 e. The molecule has 41 heavy (non-hydrogen) atoms. The van der Waals surface area contributed by atoms with Crippen LogP contribution in [0.5, 0.6) is 11.6 Å². The first-order valence-corrected chi connectivity index (χ1v) is 12.0. The Morgan fingerprint density at radius 3 is 2.56 bits per heavy atom. The molecule has 5 aromatic rings. The van der Waals surface area contributed by atoms with Gasteiger partial charge >= 0.3 is 0 Å². The van der Waals surface area contributed by atoms with Gasteiger partial charge < -0.3 is 15.8 Å². The number of rotatable bonds is 6. The van der Waals surface area contributed by atoms with Crippen molar-refractivity contribution < 1.29 is 27.9 Å². The summed E-state index contributed by atoms with van der Waals surface area (Å²) in [7, 11) is 0. The fraction of sp³-hybridized carbons (Fsp3) is 0.0690. The SMILES string of the molecule is CC(=O)Nc1cccc(-c2ccn3ncnc(Oc4ccc(N)cc4F)c23)c1.O=C=NC(=O)Cc1ccc(F)cc1. The van der Waals surface area contributed by atoms with Crippen molar-refractivity contribution >= 4 is 34.8 Å². The van der Waals surface area contributed by atoms with E-state index in [0.717, 1.165) is 17.2 Å². The molecule has 0 aliphatic rings. The summed E-state index contributed by atoms with van der Waals surface area (Å²) in [5.74, 6) is -1.49. The van der Waals surface area contributed by atoms with Gasteiger partial charge in [0.05, 0.1) is 6.42 Å². The highest BCUT2D eigenvalue weighted by Gasteiger charge is 2.16. The average Bonchev–Trinajstić information content (AvgIpc) is 3.37. The number of benzene rings is 3. The minimum Gasteiger partial charge on any atom is -0.434 e. The lowest BCUT2D eigenvalue weighted by atomic mass is 10.1. The summed E-state index contributed by atoms with van der Waals surface area (Å²) < 4.78 is 33.9. The molecule has 10 nitrogen and oxygen atoms in total. The number of anilines is 2. The van der Waals surface area contributed by atoms with Crippen LogP contribution in [0.4, 0.5) is 20.2 Å². The van der Waals surface area contributed by atoms with Crippen LogP contribution >= 0.6 is 0 Å². The molecule has 0 bridgehead atoms. The predicted octanol–water partition coefficient (Wildman–Crippen LogP) is 5.10. The quantitative estimate of drug-likeness (QED) is 0.168. The molecule has 2 aromatic heterocycles. The molecule has 0 atom stereocenters. The summed E-state index contributed by atoms with van der Waals surface area (Å²) in [4.78, 5) is 38.9. The van der Waals surface area contributed by atoms with Crippen LogP contribution in [0.3, 0.4) is 0 Å². The fourth-order valence-corrected chi connectivity index (χ4v) is 3.77. The van der Waals surface area contributed by atoms with Gasteiger partial charge in [0.1, 0.15) is 17.7 Å². The van der Waals surface area contributed by atoms with Crippen LogP contribution in [-0.4, -0.2) is 32.5 Å². The molecule has 3 aromatic carbocycles. The van der Waals surface area contributed by atoms with Gasteiger partial charge in [0.2, 0.25) is 17.9 Å². The highest BCUT2D eigenvalue weighted by Crippen LogP contribution is 2.34. The number of hydrogen-bond donors (Lipinski definition) is 2. The van der Waals surface area contributed by atoms with E-state index in [1.165, 1.54) is 49.6 Å². The Balaban J connectivity index is 0.000000251. The number of carbonyl (C=O) groups is 2. The molecule has 2 amide bonds. The number of ether oxygens (including phenoxy) is 1. The van der Waals surface area contributed by atoms with Crippen LogP contribution in [0.2, 0.25) is 0 Å². The lowest BCUT2D eigenvalue weighted by molar-refractivity contribution is -0.117. The molecular formula is C29H22F2N6O4. The zero-order valence-corrected chi connectivity index (χ0v) is 21.5. The lowest BCUT2D eigenvalue weighted by Gasteiger charge is -2.10. The number of aromatic nitrogens is 3. The van der Waals surface area contributed by atoms with Gasteiger partial charge in [-0.05, 0) is 53.6 Å². The number of hydrogen-bond acceptors (Lipinski definition) is 7. The second-order valence-corrected chi connectivity index (χ2v) is 8.54. The Bertz CT molecular complexity index is 1770. The van der Waals surface area contributed by atoms with Gasteiger partial charge in [-0.25, -0.2) is 18.1 Å². The first-order chi connectivity index (χ1) is 19.7. The lowest BCUT2D eigenvalue weighted by Crippen LogP contribution is -2.05. The summed E-state index contributed by atoms with van der Waals surface area (Å²) in [6.45, 7) is 1.45. The highest BCUT2D eigenvalue weighted by molar-refractivity contribution is 5.91. The number of isocyanates is 1. The molecule has 0 aliphatic heterocycles. The van der Waals surface area contributed by atoms with Crippen molar-refractivity contribution in [3.8, 4) is 22.8 Å². The van der Waals surface area contributed by atoms with Crippen LogP contribution in [0.25, 0.3) is 16.6 Å². The number of nitrogen functional groups attached to an aromatic ring is 1. The Kier molecular flexibility index (Phi) is 8.88. The van der Waals surface area contributed by atoms with E-state index in [-0.39, 0.29) is 29.8 Å². The second-order valence-electron chi connectivity index (χ2n) is 8.54. The van der Waals surface area contributed by atoms with Crippen LogP contribution in [0.15, 0.2) is 90.3 Å². The van der Waals surface area contributed by atoms with E-state index < -0.39 is 11.7 Å². The molecule has 2 heterocycles. The highest BCUT2D eigenvalue weighted by atomic mass is 19.1. The third kappa shape index (κ3) is 7.43. The van der Waals surface area contributed by atoms with E-state index in [9.17, 15) is 23.2 Å². The van der Waals surface area contributed by atoms with Gasteiger partial charge in [-0.15, -0.1) is 4.99 Å². The summed E-state index contributed by atoms with van der Waals surface area (Å²) in [5.41, 5.74) is 9.34. The summed E-state index contributed by atoms with van der Waals surface area (Å²) in [6, 6.07) is 18.8. The maximum atomic E-state index is 14.2. The van der Waals surface area contributed by atoms with Crippen molar-refractivity contribution in [2.45, 2.75) is 13.3 Å². The van der Waals surface area contributed by atoms with E-state index in [2.05, 4.69) is 20.4 Å². The van der Waals surface area contributed by atoms with Crippen molar-refractivity contribution in [1.29, 1.82) is 0 Å². The molecule has 3 N–H and O–H groups in total. The molecule has 0 saturated heterocycles. The topological polar surface area (TPSA) is 141 Å². The number of nitrogens with zero attached hydrogens (tertiary/aromatic N) is 4. The third-order valence-corrected chi connectivity index (χ3v) is 5.52. The third-order valence-electron chi connectivity index (χ3n) is 5.52. The number of aliphatic imine (C=N–C) groups is 1. The molecule has 0 unspecified atom stereocenters. The standard InChI is InChI=1S/C20H16FN5O2.C9H6FNO2/c1-12(27)25-15-4-2-3-13(9-15)16-7-8-26-19(16)20(23-11-24-26)28-18-6-5-14(22)10-17(18)21;10-8-3-1-7(2-4-8)5-9(13)11-6-12/h2-11H,22H2,1H3,(H,25,27);1-4H,5H2. The summed E-state index contributed by atoms with van der Waals surface area (Å²) in [5, 5.41) is 6.93. The minimum absolute atomic E-state index is 0.00444. The van der Waals surface area contributed by atoms with Crippen LogP contribution in [0, 0.1) is 11.6 Å². The van der Waals surface area contributed by atoms with Crippen LogP contribution < -0.4 is 15.8 Å². The molecule has 0 fully saturated rings. The maximum absolute atomic E-state index is 14.2. The Labute approximate surface area is 232 Å². The van der Waals surface area contributed by atoms with E-state index in [1.807, 2.05) is 24.3 Å². The summed E-state index contributed by atoms with van der Waals surface area (Å²) >= 11 is 0. The zero-order valence-electron chi connectivity index (χ0n) is 21.5. The Morgan fingerprint density at radius 1 is 1.07 bits per heavy atom. The van der Waals surface area contributed by atoms with Gasteiger partial charge in [-0.1, -0.05) is 24.3 Å². The first-order valence-electron chi connectivity index (χ1n) is 12.0. The van der Waals surface area contributed by atoms with Crippen molar-refractivity contribution in [3.63, 3.8) is 0 Å². The second kappa shape index (κ2) is 12.9. The van der Waals surface area contributed by atoms with E-state index in [0.29, 0.717) is 22.5 Å². The van der Waals surface area contributed by atoms with E-state index >= 15 is 0 Å². The van der Waals surface area contributed by atoms with Gasteiger partial charge in [-0.3, -0.25) is 9.59 Å². The monoisotopic (exact) mass is 556 g/mol. The first kappa shape index (κ1) is 28.3. The summed E-state index contributed by atoms with van der Waals surface area (Å²) in [6.07, 6.45) is 4.23. The van der Waals surface area contributed by atoms with E-state index in [1.54, 1.807) is 22.8 Å². The van der Waals surface area contributed by atoms with Crippen molar-refractivity contribution in [2.24, 2.45) is 4.99 Å². The number of nitrogens with one attached hydrogen (secondary N) is 1. The predicted molar refractivity (Wildman–Crippen MR) is 147 cm³/mol. The number of nitrogens with two attached hydrogens (primary N) is 1. The number of carbonyl (C=O) groups excluding carboxylic acids is 3. The normalized spacial score (nSPS) is 10.2. The van der Waals surface area contributed by atoms with Gasteiger partial charge in [0.15, 0.2) is 11.6 Å². The molecule has 0 radical (unpaired) electrons. The minimum atomic E-state index is -0.586. The molecule has 0 spiro atoms. The van der Waals surface area contributed by atoms with Crippen LogP contribution in [0.1, 0.15) is 12.5 Å². The fourth-order valence-electron chi connectivity index (χ4n) is 3.77. The number of amides is 2. The van der Waals surface area contributed by atoms with Gasteiger partial charge in [0, 0.05) is 36.1 Å². The average molecular weight is 557 g/mol.